The van der Waals surface area contributed by atoms with Crippen molar-refractivity contribution in [2.24, 2.45) is 0 Å². The van der Waals surface area contributed by atoms with Crippen LogP contribution < -0.4 is 20.1 Å². The minimum Gasteiger partial charge on any atom is -0.493 e. The summed E-state index contributed by atoms with van der Waals surface area (Å²) in [6.45, 7) is -0.730. The van der Waals surface area contributed by atoms with Gasteiger partial charge in [-0.2, -0.15) is 8.78 Å². The molecule has 0 aliphatic heterocycles. The number of halogens is 3. The third kappa shape index (κ3) is 5.80. The van der Waals surface area contributed by atoms with Crippen LogP contribution in [0.4, 0.5) is 18.9 Å². The van der Waals surface area contributed by atoms with Crippen molar-refractivity contribution in [2.75, 3.05) is 19.0 Å². The molecule has 0 aliphatic rings. The van der Waals surface area contributed by atoms with Gasteiger partial charge in [0.15, 0.2) is 16.6 Å². The Morgan fingerprint density at radius 2 is 1.92 bits per heavy atom. The van der Waals surface area contributed by atoms with Gasteiger partial charge in [-0.25, -0.2) is 4.39 Å². The van der Waals surface area contributed by atoms with E-state index < -0.39 is 6.61 Å². The molecule has 0 radical (unpaired) electrons. The molecule has 26 heavy (non-hydrogen) atoms. The molecule has 2 rings (SSSR count). The van der Waals surface area contributed by atoms with Crippen LogP contribution in [0.1, 0.15) is 11.1 Å². The van der Waals surface area contributed by atoms with E-state index in [9.17, 15) is 13.2 Å². The topological polar surface area (TPSA) is 42.5 Å². The number of benzene rings is 2. The molecule has 8 heteroatoms. The monoisotopic (exact) mass is 384 g/mol. The van der Waals surface area contributed by atoms with Gasteiger partial charge in [0.25, 0.3) is 0 Å². The summed E-state index contributed by atoms with van der Waals surface area (Å²) in [6.07, 6.45) is 0.579. The lowest BCUT2D eigenvalue weighted by atomic mass is 10.1. The van der Waals surface area contributed by atoms with E-state index in [0.29, 0.717) is 29.3 Å². The number of methoxy groups -OCH3 is 1. The van der Waals surface area contributed by atoms with E-state index in [1.54, 1.807) is 31.2 Å². The molecule has 0 fully saturated rings. The Morgan fingerprint density at radius 1 is 1.15 bits per heavy atom. The highest BCUT2D eigenvalue weighted by molar-refractivity contribution is 7.80. The van der Waals surface area contributed by atoms with Gasteiger partial charge in [0.1, 0.15) is 5.82 Å². The lowest BCUT2D eigenvalue weighted by molar-refractivity contribution is -0.0512. The smallest absolute Gasteiger partial charge is 0.387 e. The normalized spacial score (nSPS) is 10.5. The summed E-state index contributed by atoms with van der Waals surface area (Å²) in [6, 6.07) is 9.51. The first-order valence-corrected chi connectivity index (χ1v) is 8.22. The van der Waals surface area contributed by atoms with Gasteiger partial charge < -0.3 is 20.1 Å². The molecule has 0 atom stereocenters. The Kier molecular flexibility index (Phi) is 7.08. The van der Waals surface area contributed by atoms with Crippen molar-refractivity contribution >= 4 is 23.0 Å². The second-order valence-corrected chi connectivity index (χ2v) is 5.87. The number of thiocarbonyl (C=S) groups is 1. The molecule has 140 valence electrons. The van der Waals surface area contributed by atoms with Crippen molar-refractivity contribution < 1.29 is 22.6 Å². The second-order valence-electron chi connectivity index (χ2n) is 5.46. The molecule has 0 bridgehead atoms. The molecule has 0 aromatic heterocycles. The van der Waals surface area contributed by atoms with E-state index in [1.165, 1.54) is 19.2 Å². The van der Waals surface area contributed by atoms with Crippen molar-refractivity contribution in [1.82, 2.24) is 5.32 Å². The highest BCUT2D eigenvalue weighted by Gasteiger charge is 2.11. The van der Waals surface area contributed by atoms with Crippen LogP contribution in [-0.4, -0.2) is 25.4 Å². The Balaban J connectivity index is 1.86. The molecule has 0 heterocycles. The minimum absolute atomic E-state index is 0.0159. The summed E-state index contributed by atoms with van der Waals surface area (Å²) < 4.78 is 47.6. The van der Waals surface area contributed by atoms with E-state index in [-0.39, 0.29) is 17.3 Å². The zero-order valence-corrected chi connectivity index (χ0v) is 15.1. The lowest BCUT2D eigenvalue weighted by Crippen LogP contribution is -2.30. The number of anilines is 1. The van der Waals surface area contributed by atoms with Gasteiger partial charge in [-0.1, -0.05) is 12.1 Å². The van der Waals surface area contributed by atoms with E-state index in [0.717, 1.165) is 5.56 Å². The maximum atomic E-state index is 13.5. The largest absolute Gasteiger partial charge is 0.493 e. The van der Waals surface area contributed by atoms with Gasteiger partial charge in [0.05, 0.1) is 7.11 Å². The molecule has 0 aliphatic carbocycles. The van der Waals surface area contributed by atoms with Crippen molar-refractivity contribution in [3.8, 4) is 11.5 Å². The van der Waals surface area contributed by atoms with Crippen molar-refractivity contribution in [2.45, 2.75) is 20.0 Å². The third-order valence-corrected chi connectivity index (χ3v) is 3.82. The van der Waals surface area contributed by atoms with Gasteiger partial charge in [-0.3, -0.25) is 0 Å². The van der Waals surface area contributed by atoms with Gasteiger partial charge in [0.2, 0.25) is 0 Å². The lowest BCUT2D eigenvalue weighted by Gasteiger charge is -2.13. The summed E-state index contributed by atoms with van der Waals surface area (Å²) in [5, 5.41) is 6.26. The van der Waals surface area contributed by atoms with Gasteiger partial charge in [0, 0.05) is 12.2 Å². The number of hydrogen-bond donors (Lipinski definition) is 2. The quantitative estimate of drug-likeness (QED) is 0.698. The highest BCUT2D eigenvalue weighted by Crippen LogP contribution is 2.29. The molecule has 0 unspecified atom stereocenters. The van der Waals surface area contributed by atoms with Crippen LogP contribution >= 0.6 is 12.2 Å². The van der Waals surface area contributed by atoms with Crippen molar-refractivity contribution in [3.63, 3.8) is 0 Å². The zero-order chi connectivity index (χ0) is 19.1. The van der Waals surface area contributed by atoms with Gasteiger partial charge >= 0.3 is 6.61 Å². The SMILES string of the molecule is COc1cc(CCNC(=S)Nc2ccc(C)c(F)c2)ccc1OC(F)F. The zero-order valence-electron chi connectivity index (χ0n) is 14.3. The standard InChI is InChI=1S/C18H19F3N2O2S/c1-11-3-5-13(10-14(11)19)23-18(26)22-8-7-12-4-6-15(25-17(20)21)16(9-12)24-2/h3-6,9-10,17H,7-8H2,1-2H3,(H2,22,23,26). The third-order valence-electron chi connectivity index (χ3n) is 3.57. The molecule has 2 N–H and O–H groups in total. The maximum Gasteiger partial charge on any atom is 0.387 e. The van der Waals surface area contributed by atoms with E-state index in [4.69, 9.17) is 17.0 Å². The van der Waals surface area contributed by atoms with E-state index in [2.05, 4.69) is 15.4 Å². The number of nitrogens with one attached hydrogen (secondary N) is 2. The van der Waals surface area contributed by atoms with E-state index >= 15 is 0 Å². The molecule has 0 amide bonds. The average molecular weight is 384 g/mol. The van der Waals surface area contributed by atoms with Crippen LogP contribution in [0.5, 0.6) is 11.5 Å². The fourth-order valence-corrected chi connectivity index (χ4v) is 2.45. The van der Waals surface area contributed by atoms with Crippen LogP contribution in [0.25, 0.3) is 0 Å². The first-order chi connectivity index (χ1) is 12.4. The molecule has 0 saturated heterocycles. The Labute approximate surface area is 155 Å². The van der Waals surface area contributed by atoms with Crippen molar-refractivity contribution in [1.29, 1.82) is 0 Å². The summed E-state index contributed by atoms with van der Waals surface area (Å²) in [4.78, 5) is 0. The van der Waals surface area contributed by atoms with Gasteiger partial charge in [-0.05, 0) is 61.0 Å². The summed E-state index contributed by atoms with van der Waals surface area (Å²) in [5.41, 5.74) is 1.98. The summed E-state index contributed by atoms with van der Waals surface area (Å²) in [5.74, 6) is -0.0903. The number of aryl methyl sites for hydroxylation is 1. The van der Waals surface area contributed by atoms with Crippen LogP contribution in [0.3, 0.4) is 0 Å². The minimum atomic E-state index is -2.91. The van der Waals surface area contributed by atoms with Gasteiger partial charge in [-0.15, -0.1) is 0 Å². The maximum absolute atomic E-state index is 13.5. The first-order valence-electron chi connectivity index (χ1n) is 7.81. The van der Waals surface area contributed by atoms with Crippen molar-refractivity contribution in [3.05, 3.63) is 53.3 Å². The van der Waals surface area contributed by atoms with Crippen LogP contribution in [0.15, 0.2) is 36.4 Å². The number of rotatable bonds is 7. The average Bonchev–Trinajstić information content (AvgIpc) is 2.59. The Hall–Kier alpha value is -2.48. The van der Waals surface area contributed by atoms with Crippen LogP contribution in [-0.2, 0) is 6.42 Å². The molecule has 2 aromatic carbocycles. The number of ether oxygens (including phenoxy) is 2. The highest BCUT2D eigenvalue weighted by atomic mass is 32.1. The fraction of sp³-hybridized carbons (Fsp3) is 0.278. The summed E-state index contributed by atoms with van der Waals surface area (Å²) in [7, 11) is 1.38. The number of hydrogen-bond acceptors (Lipinski definition) is 3. The predicted molar refractivity (Wildman–Crippen MR) is 98.7 cm³/mol. The number of alkyl halides is 2. The molecule has 2 aromatic rings. The Bertz CT molecular complexity index is 772. The Morgan fingerprint density at radius 3 is 2.58 bits per heavy atom. The molecule has 4 nitrogen and oxygen atoms in total. The molecule has 0 spiro atoms. The molecular formula is C18H19F3N2O2S. The predicted octanol–water partition coefficient (Wildman–Crippen LogP) is 4.27. The van der Waals surface area contributed by atoms with Crippen LogP contribution in [0.2, 0.25) is 0 Å². The van der Waals surface area contributed by atoms with E-state index in [1.807, 2.05) is 0 Å². The molecule has 0 saturated carbocycles. The summed E-state index contributed by atoms with van der Waals surface area (Å²) >= 11 is 5.17. The first kappa shape index (κ1) is 19.8. The van der Waals surface area contributed by atoms with Crippen LogP contribution in [0, 0.1) is 12.7 Å². The molecular weight excluding hydrogens is 365 g/mol. The fourth-order valence-electron chi connectivity index (χ4n) is 2.23. The second kappa shape index (κ2) is 9.28.